The molecule has 6 nitrogen and oxygen atoms in total. The minimum absolute atomic E-state index is 0.0170. The number of nitrogens with one attached hydrogen (secondary N) is 1. The Morgan fingerprint density at radius 3 is 2.75 bits per heavy atom. The predicted molar refractivity (Wildman–Crippen MR) is 78.4 cm³/mol. The standard InChI is InChI=1S/C13H26N2O4S/c1-3-4-7-15(12-5-9-20(17,18)11-12)13(16)10-14-6-8-19-2/h12,14H,3-11H2,1-2H3. The maximum atomic E-state index is 12.2. The highest BCUT2D eigenvalue weighted by molar-refractivity contribution is 7.91. The summed E-state index contributed by atoms with van der Waals surface area (Å²) < 4.78 is 28.1. The van der Waals surface area contributed by atoms with E-state index in [-0.39, 0.29) is 30.0 Å². The highest BCUT2D eigenvalue weighted by Crippen LogP contribution is 2.18. The van der Waals surface area contributed by atoms with Crippen LogP contribution in [0.5, 0.6) is 0 Å². The van der Waals surface area contributed by atoms with Crippen molar-refractivity contribution >= 4 is 15.7 Å². The normalized spacial score (nSPS) is 21.0. The SMILES string of the molecule is CCCCN(C(=O)CNCCOC)C1CCS(=O)(=O)C1. The van der Waals surface area contributed by atoms with Gasteiger partial charge in [-0.25, -0.2) is 8.42 Å². The average Bonchev–Trinajstić information content (AvgIpc) is 2.75. The first-order valence-corrected chi connectivity index (χ1v) is 9.02. The second-order valence-corrected chi connectivity index (χ2v) is 7.40. The van der Waals surface area contributed by atoms with Gasteiger partial charge in [0.25, 0.3) is 0 Å². The average molecular weight is 306 g/mol. The summed E-state index contributed by atoms with van der Waals surface area (Å²) in [6.07, 6.45) is 2.45. The van der Waals surface area contributed by atoms with Crippen LogP contribution in [0.15, 0.2) is 0 Å². The third-order valence-electron chi connectivity index (χ3n) is 3.48. The van der Waals surface area contributed by atoms with Crippen molar-refractivity contribution in [2.24, 2.45) is 0 Å². The summed E-state index contributed by atoms with van der Waals surface area (Å²) in [5, 5.41) is 3.02. The molecular formula is C13H26N2O4S. The molecule has 1 aliphatic rings. The number of unbranched alkanes of at least 4 members (excludes halogenated alkanes) is 1. The van der Waals surface area contributed by atoms with Crippen LogP contribution in [0.3, 0.4) is 0 Å². The van der Waals surface area contributed by atoms with Gasteiger partial charge in [-0.3, -0.25) is 4.79 Å². The first-order valence-electron chi connectivity index (χ1n) is 7.19. The van der Waals surface area contributed by atoms with Gasteiger partial charge in [0.15, 0.2) is 9.84 Å². The molecule has 0 aromatic rings. The van der Waals surface area contributed by atoms with E-state index in [0.29, 0.717) is 26.1 Å². The summed E-state index contributed by atoms with van der Waals surface area (Å²) in [6.45, 7) is 4.11. The van der Waals surface area contributed by atoms with Crippen molar-refractivity contribution in [2.45, 2.75) is 32.2 Å². The van der Waals surface area contributed by atoms with Crippen LogP contribution in [-0.2, 0) is 19.4 Å². The van der Waals surface area contributed by atoms with Gasteiger partial charge < -0.3 is 15.0 Å². The lowest BCUT2D eigenvalue weighted by atomic mass is 10.2. The molecular weight excluding hydrogens is 280 g/mol. The predicted octanol–water partition coefficient (Wildman–Crippen LogP) is 0.0382. The van der Waals surface area contributed by atoms with Crippen molar-refractivity contribution in [1.29, 1.82) is 0 Å². The van der Waals surface area contributed by atoms with Crippen LogP contribution in [0.4, 0.5) is 0 Å². The lowest BCUT2D eigenvalue weighted by Crippen LogP contribution is -2.46. The molecule has 0 spiro atoms. The number of sulfone groups is 1. The van der Waals surface area contributed by atoms with Crippen LogP contribution < -0.4 is 5.32 Å². The van der Waals surface area contributed by atoms with Gasteiger partial charge in [0, 0.05) is 26.2 Å². The lowest BCUT2D eigenvalue weighted by molar-refractivity contribution is -0.132. The molecule has 7 heteroatoms. The fourth-order valence-electron chi connectivity index (χ4n) is 2.33. The van der Waals surface area contributed by atoms with Crippen molar-refractivity contribution in [1.82, 2.24) is 10.2 Å². The summed E-state index contributed by atoms with van der Waals surface area (Å²) >= 11 is 0. The molecule has 1 N–H and O–H groups in total. The number of carbonyl (C=O) groups is 1. The lowest BCUT2D eigenvalue weighted by Gasteiger charge is -2.28. The molecule has 1 saturated heterocycles. The Hall–Kier alpha value is -0.660. The fourth-order valence-corrected chi connectivity index (χ4v) is 4.06. The summed E-state index contributed by atoms with van der Waals surface area (Å²) in [5.74, 6) is 0.294. The van der Waals surface area contributed by atoms with Crippen molar-refractivity contribution in [3.63, 3.8) is 0 Å². The topological polar surface area (TPSA) is 75.7 Å². The quantitative estimate of drug-likeness (QED) is 0.609. The smallest absolute Gasteiger partial charge is 0.236 e. The number of rotatable bonds is 9. The minimum atomic E-state index is -2.96. The molecule has 0 radical (unpaired) electrons. The molecule has 0 aromatic heterocycles. The van der Waals surface area contributed by atoms with Crippen molar-refractivity contribution < 1.29 is 17.9 Å². The maximum Gasteiger partial charge on any atom is 0.236 e. The zero-order valence-electron chi connectivity index (χ0n) is 12.4. The monoisotopic (exact) mass is 306 g/mol. The number of ether oxygens (including phenoxy) is 1. The summed E-state index contributed by atoms with van der Waals surface area (Å²) in [7, 11) is -1.35. The first kappa shape index (κ1) is 17.4. The van der Waals surface area contributed by atoms with Crippen LogP contribution in [0, 0.1) is 0 Å². The van der Waals surface area contributed by atoms with Gasteiger partial charge in [0.1, 0.15) is 0 Å². The molecule has 20 heavy (non-hydrogen) atoms. The molecule has 1 atom stereocenters. The molecule has 0 aromatic carbocycles. The van der Waals surface area contributed by atoms with Gasteiger partial charge in [0.2, 0.25) is 5.91 Å². The molecule has 1 fully saturated rings. The van der Waals surface area contributed by atoms with E-state index in [1.54, 1.807) is 12.0 Å². The Labute approximate surface area is 121 Å². The number of carbonyl (C=O) groups excluding carboxylic acids is 1. The molecule has 1 amide bonds. The van der Waals surface area contributed by atoms with Crippen molar-refractivity contribution in [3.8, 4) is 0 Å². The number of hydrogen-bond acceptors (Lipinski definition) is 5. The van der Waals surface area contributed by atoms with Gasteiger partial charge in [-0.2, -0.15) is 0 Å². The van der Waals surface area contributed by atoms with Gasteiger partial charge in [0.05, 0.1) is 24.7 Å². The minimum Gasteiger partial charge on any atom is -0.383 e. The van der Waals surface area contributed by atoms with Crippen LogP contribution in [0.1, 0.15) is 26.2 Å². The second kappa shape index (κ2) is 8.59. The Kier molecular flexibility index (Phi) is 7.47. The van der Waals surface area contributed by atoms with Crippen molar-refractivity contribution in [3.05, 3.63) is 0 Å². The van der Waals surface area contributed by atoms with E-state index in [0.717, 1.165) is 12.8 Å². The molecule has 0 bridgehead atoms. The summed E-state index contributed by atoms with van der Waals surface area (Å²) in [6, 6.07) is -0.150. The first-order chi connectivity index (χ1) is 9.50. The van der Waals surface area contributed by atoms with Gasteiger partial charge >= 0.3 is 0 Å². The largest absolute Gasteiger partial charge is 0.383 e. The van der Waals surface area contributed by atoms with Gasteiger partial charge in [-0.05, 0) is 12.8 Å². The molecule has 1 heterocycles. The number of methoxy groups -OCH3 is 1. The van der Waals surface area contributed by atoms with E-state index in [9.17, 15) is 13.2 Å². The molecule has 0 saturated carbocycles. The maximum absolute atomic E-state index is 12.2. The van der Waals surface area contributed by atoms with E-state index in [1.165, 1.54) is 0 Å². The van der Waals surface area contributed by atoms with E-state index in [4.69, 9.17) is 4.74 Å². The van der Waals surface area contributed by atoms with Crippen LogP contribution >= 0.6 is 0 Å². The Bertz CT molecular complexity index is 397. The second-order valence-electron chi connectivity index (χ2n) is 5.17. The van der Waals surface area contributed by atoms with E-state index in [2.05, 4.69) is 12.2 Å². The molecule has 118 valence electrons. The van der Waals surface area contributed by atoms with Gasteiger partial charge in [-0.15, -0.1) is 0 Å². The number of amides is 1. The molecule has 0 aliphatic carbocycles. The van der Waals surface area contributed by atoms with Crippen LogP contribution in [0.2, 0.25) is 0 Å². The zero-order chi connectivity index (χ0) is 15.0. The highest BCUT2D eigenvalue weighted by atomic mass is 32.2. The highest BCUT2D eigenvalue weighted by Gasteiger charge is 2.33. The van der Waals surface area contributed by atoms with Crippen LogP contribution in [-0.4, -0.2) is 70.1 Å². The molecule has 1 aliphatic heterocycles. The number of hydrogen-bond donors (Lipinski definition) is 1. The third kappa shape index (κ3) is 5.76. The third-order valence-corrected chi connectivity index (χ3v) is 5.23. The molecule has 1 unspecified atom stereocenters. The summed E-state index contributed by atoms with van der Waals surface area (Å²) in [5.41, 5.74) is 0. The zero-order valence-corrected chi connectivity index (χ0v) is 13.2. The number of nitrogens with zero attached hydrogens (tertiary/aromatic N) is 1. The van der Waals surface area contributed by atoms with E-state index in [1.807, 2.05) is 0 Å². The van der Waals surface area contributed by atoms with E-state index >= 15 is 0 Å². The summed E-state index contributed by atoms with van der Waals surface area (Å²) in [4.78, 5) is 14.0. The molecule has 1 rings (SSSR count). The fraction of sp³-hybridized carbons (Fsp3) is 0.923. The van der Waals surface area contributed by atoms with Crippen LogP contribution in [0.25, 0.3) is 0 Å². The Morgan fingerprint density at radius 1 is 1.45 bits per heavy atom. The van der Waals surface area contributed by atoms with Crippen molar-refractivity contribution in [2.75, 3.05) is 44.9 Å². The Balaban J connectivity index is 2.52. The van der Waals surface area contributed by atoms with E-state index < -0.39 is 9.84 Å². The van der Waals surface area contributed by atoms with Gasteiger partial charge in [-0.1, -0.05) is 13.3 Å². The Morgan fingerprint density at radius 2 is 2.20 bits per heavy atom.